The summed E-state index contributed by atoms with van der Waals surface area (Å²) in [5, 5.41) is 3.15. The third-order valence-corrected chi connectivity index (χ3v) is 2.62. The second kappa shape index (κ2) is 6.45. The lowest BCUT2D eigenvalue weighted by Crippen LogP contribution is -2.13. The first-order valence-corrected chi connectivity index (χ1v) is 6.21. The van der Waals surface area contributed by atoms with Crippen molar-refractivity contribution in [2.24, 2.45) is 0 Å². The van der Waals surface area contributed by atoms with Crippen LogP contribution in [0.15, 0.2) is 30.6 Å². The first-order valence-electron chi connectivity index (χ1n) is 5.83. The number of halogens is 2. The van der Waals surface area contributed by atoms with Gasteiger partial charge in [0.25, 0.3) is 0 Å². The first-order chi connectivity index (χ1) is 9.19. The van der Waals surface area contributed by atoms with E-state index in [1.807, 2.05) is 6.92 Å². The molecule has 2 rings (SSSR count). The zero-order valence-corrected chi connectivity index (χ0v) is 11.1. The van der Waals surface area contributed by atoms with Crippen molar-refractivity contribution in [3.8, 4) is 11.6 Å². The number of nitrogens with zero attached hydrogens (tertiary/aromatic N) is 2. The summed E-state index contributed by atoms with van der Waals surface area (Å²) in [4.78, 5) is 8.31. The van der Waals surface area contributed by atoms with Crippen LogP contribution in [0.5, 0.6) is 11.6 Å². The third-order valence-electron chi connectivity index (χ3n) is 2.33. The molecule has 6 heteroatoms. The van der Waals surface area contributed by atoms with Crippen LogP contribution < -0.4 is 10.1 Å². The molecule has 100 valence electrons. The summed E-state index contributed by atoms with van der Waals surface area (Å²) in [6, 6.07) is 4.13. The highest BCUT2D eigenvalue weighted by molar-refractivity contribution is 6.30. The van der Waals surface area contributed by atoms with Crippen molar-refractivity contribution in [3.63, 3.8) is 0 Å². The van der Waals surface area contributed by atoms with Crippen molar-refractivity contribution in [2.75, 3.05) is 6.54 Å². The van der Waals surface area contributed by atoms with Crippen molar-refractivity contribution < 1.29 is 9.13 Å². The lowest BCUT2D eigenvalue weighted by Gasteiger charge is -2.07. The van der Waals surface area contributed by atoms with Gasteiger partial charge < -0.3 is 10.1 Å². The average molecular weight is 282 g/mol. The number of hydrogen-bond donors (Lipinski definition) is 1. The molecule has 0 atom stereocenters. The monoisotopic (exact) mass is 281 g/mol. The molecule has 0 radical (unpaired) electrons. The summed E-state index contributed by atoms with van der Waals surface area (Å²) in [5.74, 6) is 0.278. The molecule has 0 fully saturated rings. The quantitative estimate of drug-likeness (QED) is 0.914. The number of rotatable bonds is 5. The molecule has 19 heavy (non-hydrogen) atoms. The Labute approximate surface area is 115 Å². The van der Waals surface area contributed by atoms with E-state index in [4.69, 9.17) is 16.3 Å². The number of hydrogen-bond acceptors (Lipinski definition) is 4. The maximum absolute atomic E-state index is 13.0. The highest BCUT2D eigenvalue weighted by Crippen LogP contribution is 2.24. The van der Waals surface area contributed by atoms with Gasteiger partial charge in [0.15, 0.2) is 0 Å². The summed E-state index contributed by atoms with van der Waals surface area (Å²) in [6.07, 6.45) is 3.15. The molecule has 1 aromatic heterocycles. The Morgan fingerprint density at radius 3 is 2.95 bits per heavy atom. The predicted molar refractivity (Wildman–Crippen MR) is 70.9 cm³/mol. The maximum Gasteiger partial charge on any atom is 0.238 e. The maximum atomic E-state index is 13.0. The van der Waals surface area contributed by atoms with Gasteiger partial charge in [0.05, 0.1) is 16.9 Å². The Morgan fingerprint density at radius 2 is 2.21 bits per heavy atom. The molecule has 0 unspecified atom stereocenters. The SMILES string of the molecule is CCNCc1cncc(Oc2ccc(F)c(Cl)c2)n1. The van der Waals surface area contributed by atoms with Crippen LogP contribution in [0, 0.1) is 5.82 Å². The zero-order valence-electron chi connectivity index (χ0n) is 10.4. The van der Waals surface area contributed by atoms with E-state index in [9.17, 15) is 4.39 Å². The molecule has 2 aromatic rings. The molecule has 0 saturated carbocycles. The number of nitrogens with one attached hydrogen (secondary N) is 1. The van der Waals surface area contributed by atoms with Gasteiger partial charge >= 0.3 is 0 Å². The Kier molecular flexibility index (Phi) is 4.65. The van der Waals surface area contributed by atoms with E-state index >= 15 is 0 Å². The number of aromatic nitrogens is 2. The minimum atomic E-state index is -0.485. The minimum Gasteiger partial charge on any atom is -0.437 e. The standard InChI is InChI=1S/C13H13ClFN3O/c1-2-16-6-9-7-17-8-13(18-9)19-10-3-4-12(15)11(14)5-10/h3-5,7-8,16H,2,6H2,1H3. The van der Waals surface area contributed by atoms with Crippen LogP contribution in [0.4, 0.5) is 4.39 Å². The van der Waals surface area contributed by atoms with Gasteiger partial charge in [-0.25, -0.2) is 9.37 Å². The lowest BCUT2D eigenvalue weighted by molar-refractivity contribution is 0.455. The normalized spacial score (nSPS) is 10.5. The van der Waals surface area contributed by atoms with Gasteiger partial charge in [0.1, 0.15) is 11.6 Å². The molecule has 0 saturated heterocycles. The summed E-state index contributed by atoms with van der Waals surface area (Å²) in [6.45, 7) is 3.47. The van der Waals surface area contributed by atoms with Crippen LogP contribution in [0.2, 0.25) is 5.02 Å². The molecule has 1 N–H and O–H groups in total. The van der Waals surface area contributed by atoms with Gasteiger partial charge in [-0.2, -0.15) is 0 Å². The summed E-state index contributed by atoms with van der Waals surface area (Å²) < 4.78 is 18.5. The van der Waals surface area contributed by atoms with E-state index in [0.29, 0.717) is 18.2 Å². The van der Waals surface area contributed by atoms with Crippen molar-refractivity contribution in [3.05, 3.63) is 47.1 Å². The lowest BCUT2D eigenvalue weighted by atomic mass is 10.3. The summed E-state index contributed by atoms with van der Waals surface area (Å²) in [7, 11) is 0. The van der Waals surface area contributed by atoms with Crippen LogP contribution in [-0.4, -0.2) is 16.5 Å². The van der Waals surface area contributed by atoms with Crippen LogP contribution in [0.1, 0.15) is 12.6 Å². The fourth-order valence-corrected chi connectivity index (χ4v) is 1.61. The Bertz CT molecular complexity index is 565. The highest BCUT2D eigenvalue weighted by atomic mass is 35.5. The van der Waals surface area contributed by atoms with Crippen LogP contribution in [0.25, 0.3) is 0 Å². The molecule has 0 aliphatic carbocycles. The fourth-order valence-electron chi connectivity index (χ4n) is 1.43. The van der Waals surface area contributed by atoms with Crippen molar-refractivity contribution in [1.82, 2.24) is 15.3 Å². The molecule has 0 aliphatic heterocycles. The molecule has 1 aromatic carbocycles. The Hall–Kier alpha value is -1.72. The van der Waals surface area contributed by atoms with Gasteiger partial charge in [-0.1, -0.05) is 18.5 Å². The van der Waals surface area contributed by atoms with Gasteiger partial charge in [0, 0.05) is 18.8 Å². The molecule has 0 aliphatic rings. The Morgan fingerprint density at radius 1 is 1.37 bits per heavy atom. The molecule has 1 heterocycles. The zero-order chi connectivity index (χ0) is 13.7. The van der Waals surface area contributed by atoms with Crippen LogP contribution in [0.3, 0.4) is 0 Å². The average Bonchev–Trinajstić information content (AvgIpc) is 2.41. The molecule has 0 bridgehead atoms. The van der Waals surface area contributed by atoms with Gasteiger partial charge in [-0.3, -0.25) is 4.98 Å². The second-order valence-corrected chi connectivity index (χ2v) is 4.21. The number of ether oxygens (including phenoxy) is 1. The molecule has 0 spiro atoms. The predicted octanol–water partition coefficient (Wildman–Crippen LogP) is 3.17. The Balaban J connectivity index is 2.11. The topological polar surface area (TPSA) is 47.0 Å². The van der Waals surface area contributed by atoms with Crippen LogP contribution in [-0.2, 0) is 6.54 Å². The smallest absolute Gasteiger partial charge is 0.238 e. The van der Waals surface area contributed by atoms with E-state index in [2.05, 4.69) is 15.3 Å². The molecule has 0 amide bonds. The van der Waals surface area contributed by atoms with E-state index in [1.165, 1.54) is 24.4 Å². The van der Waals surface area contributed by atoms with E-state index < -0.39 is 5.82 Å². The van der Waals surface area contributed by atoms with E-state index in [1.54, 1.807) is 6.20 Å². The van der Waals surface area contributed by atoms with Gasteiger partial charge in [-0.15, -0.1) is 0 Å². The molecular weight excluding hydrogens is 269 g/mol. The van der Waals surface area contributed by atoms with E-state index in [0.717, 1.165) is 12.2 Å². The van der Waals surface area contributed by atoms with Crippen molar-refractivity contribution >= 4 is 11.6 Å². The minimum absolute atomic E-state index is 0.00858. The largest absolute Gasteiger partial charge is 0.437 e. The third kappa shape index (κ3) is 3.87. The number of benzene rings is 1. The molecular formula is C13H13ClFN3O. The summed E-state index contributed by atoms with van der Waals surface area (Å²) >= 11 is 5.68. The second-order valence-electron chi connectivity index (χ2n) is 3.81. The van der Waals surface area contributed by atoms with Crippen LogP contribution >= 0.6 is 11.6 Å². The van der Waals surface area contributed by atoms with Crippen molar-refractivity contribution in [2.45, 2.75) is 13.5 Å². The fraction of sp³-hybridized carbons (Fsp3) is 0.231. The highest BCUT2D eigenvalue weighted by Gasteiger charge is 2.05. The molecule has 4 nitrogen and oxygen atoms in total. The van der Waals surface area contributed by atoms with Gasteiger partial charge in [0.2, 0.25) is 5.88 Å². The van der Waals surface area contributed by atoms with E-state index in [-0.39, 0.29) is 5.02 Å². The van der Waals surface area contributed by atoms with Crippen molar-refractivity contribution in [1.29, 1.82) is 0 Å². The van der Waals surface area contributed by atoms with Gasteiger partial charge in [-0.05, 0) is 18.7 Å². The summed E-state index contributed by atoms with van der Waals surface area (Å²) in [5.41, 5.74) is 0.771. The first kappa shape index (κ1) is 13.7.